The molecule has 2 rings (SSSR count). The summed E-state index contributed by atoms with van der Waals surface area (Å²) in [5.74, 6) is -0.765. The summed E-state index contributed by atoms with van der Waals surface area (Å²) in [5, 5.41) is 4.99. The minimum Gasteiger partial charge on any atom is -0.468 e. The lowest BCUT2D eigenvalue weighted by atomic mass is 10.2. The zero-order chi connectivity index (χ0) is 14.0. The summed E-state index contributed by atoms with van der Waals surface area (Å²) in [7, 11) is 4.61. The molecule has 2 aromatic rings. The Morgan fingerprint density at radius 1 is 1.37 bits per heavy atom. The van der Waals surface area contributed by atoms with E-state index in [-0.39, 0.29) is 12.5 Å². The molecule has 6 heteroatoms. The number of fused-ring (bicyclic) bond motifs is 1. The van der Waals surface area contributed by atoms with E-state index in [0.717, 1.165) is 10.9 Å². The first kappa shape index (κ1) is 13.1. The summed E-state index contributed by atoms with van der Waals surface area (Å²) in [6.07, 6.45) is 0. The van der Waals surface area contributed by atoms with Crippen LogP contribution < -0.4 is 0 Å². The van der Waals surface area contributed by atoms with Gasteiger partial charge in [-0.05, 0) is 6.07 Å². The highest BCUT2D eigenvalue weighted by Gasteiger charge is 2.21. The van der Waals surface area contributed by atoms with Gasteiger partial charge in [-0.1, -0.05) is 18.2 Å². The molecule has 0 radical (unpaired) electrons. The normalized spacial score (nSPS) is 10.5. The van der Waals surface area contributed by atoms with E-state index in [1.165, 1.54) is 12.0 Å². The summed E-state index contributed by atoms with van der Waals surface area (Å²) >= 11 is 0. The van der Waals surface area contributed by atoms with E-state index in [0.29, 0.717) is 5.69 Å². The molecule has 19 heavy (non-hydrogen) atoms. The number of hydrogen-bond donors (Lipinski definition) is 0. The van der Waals surface area contributed by atoms with Gasteiger partial charge in [0.15, 0.2) is 5.69 Å². The number of likely N-dealkylation sites (N-methyl/N-ethyl adjacent to an activating group) is 1. The Balaban J connectivity index is 2.34. The number of benzene rings is 1. The maximum absolute atomic E-state index is 12.3. The van der Waals surface area contributed by atoms with Crippen LogP contribution in [0.5, 0.6) is 0 Å². The molecule has 0 aliphatic heterocycles. The third kappa shape index (κ3) is 2.42. The Labute approximate surface area is 110 Å². The topological polar surface area (TPSA) is 64.4 Å². The molecule has 100 valence electrons. The molecule has 0 bridgehead atoms. The number of para-hydroxylation sites is 1. The second-order valence-corrected chi connectivity index (χ2v) is 4.23. The van der Waals surface area contributed by atoms with Gasteiger partial charge in [0.2, 0.25) is 0 Å². The molecule has 1 amide bonds. The van der Waals surface area contributed by atoms with Gasteiger partial charge in [0.05, 0.1) is 12.6 Å². The number of ether oxygens (including phenoxy) is 1. The van der Waals surface area contributed by atoms with E-state index in [2.05, 4.69) is 9.84 Å². The number of aryl methyl sites for hydroxylation is 1. The maximum Gasteiger partial charge on any atom is 0.325 e. The average molecular weight is 261 g/mol. The molecule has 0 atom stereocenters. The van der Waals surface area contributed by atoms with Crippen molar-refractivity contribution in [2.45, 2.75) is 0 Å². The largest absolute Gasteiger partial charge is 0.468 e. The maximum atomic E-state index is 12.3. The van der Waals surface area contributed by atoms with Gasteiger partial charge in [-0.25, -0.2) is 0 Å². The lowest BCUT2D eigenvalue weighted by Gasteiger charge is -2.14. The van der Waals surface area contributed by atoms with Crippen LogP contribution in [0.25, 0.3) is 10.9 Å². The van der Waals surface area contributed by atoms with Crippen molar-refractivity contribution in [3.8, 4) is 0 Å². The zero-order valence-corrected chi connectivity index (χ0v) is 11.1. The molecule has 1 aromatic carbocycles. The van der Waals surface area contributed by atoms with Gasteiger partial charge < -0.3 is 9.64 Å². The number of carbonyl (C=O) groups is 2. The molecular weight excluding hydrogens is 246 g/mol. The predicted molar refractivity (Wildman–Crippen MR) is 69.7 cm³/mol. The summed E-state index contributed by atoms with van der Waals surface area (Å²) in [5.41, 5.74) is 1.21. The second-order valence-electron chi connectivity index (χ2n) is 4.23. The van der Waals surface area contributed by atoms with Crippen molar-refractivity contribution in [2.24, 2.45) is 7.05 Å². The molecule has 0 aliphatic rings. The first-order valence-corrected chi connectivity index (χ1v) is 5.78. The fourth-order valence-electron chi connectivity index (χ4n) is 1.88. The quantitative estimate of drug-likeness (QED) is 0.767. The summed E-state index contributed by atoms with van der Waals surface area (Å²) in [6.45, 7) is -0.0970. The number of esters is 1. The minimum absolute atomic E-state index is 0.0970. The Morgan fingerprint density at radius 2 is 2.05 bits per heavy atom. The van der Waals surface area contributed by atoms with Gasteiger partial charge >= 0.3 is 5.97 Å². The third-order valence-corrected chi connectivity index (χ3v) is 2.90. The van der Waals surface area contributed by atoms with Crippen molar-refractivity contribution in [3.05, 3.63) is 30.0 Å². The number of methoxy groups -OCH3 is 1. The number of rotatable bonds is 3. The van der Waals surface area contributed by atoms with E-state index in [9.17, 15) is 9.59 Å². The van der Waals surface area contributed by atoms with Crippen LogP contribution >= 0.6 is 0 Å². The SMILES string of the molecule is COC(=O)CN(C)C(=O)c1nn(C)c2ccccc12. The van der Waals surface area contributed by atoms with Crippen LogP contribution in [0.15, 0.2) is 24.3 Å². The summed E-state index contributed by atoms with van der Waals surface area (Å²) in [4.78, 5) is 24.7. The molecule has 0 saturated carbocycles. The number of aromatic nitrogens is 2. The van der Waals surface area contributed by atoms with Crippen molar-refractivity contribution in [3.63, 3.8) is 0 Å². The Bertz CT molecular complexity index is 633. The number of hydrogen-bond acceptors (Lipinski definition) is 4. The molecule has 0 fully saturated rings. The van der Waals surface area contributed by atoms with Crippen molar-refractivity contribution >= 4 is 22.8 Å². The van der Waals surface area contributed by atoms with E-state index < -0.39 is 5.97 Å². The minimum atomic E-state index is -0.462. The standard InChI is InChI=1S/C13H15N3O3/c1-15(8-11(17)19-3)13(18)12-9-6-4-5-7-10(9)16(2)14-12/h4-7H,8H2,1-3H3. The van der Waals surface area contributed by atoms with E-state index in [1.807, 2.05) is 24.3 Å². The number of nitrogens with zero attached hydrogens (tertiary/aromatic N) is 3. The van der Waals surface area contributed by atoms with E-state index >= 15 is 0 Å². The molecule has 1 heterocycles. The first-order valence-electron chi connectivity index (χ1n) is 5.78. The Hall–Kier alpha value is -2.37. The van der Waals surface area contributed by atoms with Crippen molar-refractivity contribution in [1.29, 1.82) is 0 Å². The molecule has 1 aromatic heterocycles. The van der Waals surface area contributed by atoms with E-state index in [1.54, 1.807) is 18.8 Å². The number of amides is 1. The monoisotopic (exact) mass is 261 g/mol. The van der Waals surface area contributed by atoms with Crippen molar-refractivity contribution in [1.82, 2.24) is 14.7 Å². The van der Waals surface area contributed by atoms with Gasteiger partial charge in [0.25, 0.3) is 5.91 Å². The third-order valence-electron chi connectivity index (χ3n) is 2.90. The lowest BCUT2D eigenvalue weighted by molar-refractivity contribution is -0.141. The van der Waals surface area contributed by atoms with Crippen LogP contribution in [0, 0.1) is 0 Å². The van der Waals surface area contributed by atoms with Crippen LogP contribution in [0.1, 0.15) is 10.5 Å². The molecule has 0 aliphatic carbocycles. The highest BCUT2D eigenvalue weighted by atomic mass is 16.5. The van der Waals surface area contributed by atoms with Gasteiger partial charge in [0.1, 0.15) is 6.54 Å². The molecular formula is C13H15N3O3. The van der Waals surface area contributed by atoms with Crippen LogP contribution in [-0.2, 0) is 16.6 Å². The van der Waals surface area contributed by atoms with Crippen molar-refractivity contribution in [2.75, 3.05) is 20.7 Å². The Kier molecular flexibility index (Phi) is 3.50. The molecule has 0 saturated heterocycles. The van der Waals surface area contributed by atoms with Crippen LogP contribution in [-0.4, -0.2) is 47.3 Å². The molecule has 6 nitrogen and oxygen atoms in total. The smallest absolute Gasteiger partial charge is 0.325 e. The average Bonchev–Trinajstić information content (AvgIpc) is 2.75. The van der Waals surface area contributed by atoms with Crippen LogP contribution in [0.2, 0.25) is 0 Å². The molecule has 0 N–H and O–H groups in total. The van der Waals surface area contributed by atoms with Gasteiger partial charge in [-0.15, -0.1) is 0 Å². The Morgan fingerprint density at radius 3 is 2.74 bits per heavy atom. The second kappa shape index (κ2) is 5.09. The first-order chi connectivity index (χ1) is 9.04. The fourth-order valence-corrected chi connectivity index (χ4v) is 1.88. The van der Waals surface area contributed by atoms with Crippen molar-refractivity contribution < 1.29 is 14.3 Å². The summed E-state index contributed by atoms with van der Waals surface area (Å²) < 4.78 is 6.19. The predicted octanol–water partition coefficient (Wildman–Crippen LogP) is 0.818. The lowest BCUT2D eigenvalue weighted by Crippen LogP contribution is -2.33. The molecule has 0 unspecified atom stereocenters. The van der Waals surface area contributed by atoms with Gasteiger partial charge in [0, 0.05) is 19.5 Å². The van der Waals surface area contributed by atoms with Crippen LogP contribution in [0.3, 0.4) is 0 Å². The van der Waals surface area contributed by atoms with Gasteiger partial charge in [-0.3, -0.25) is 14.3 Å². The highest BCUT2D eigenvalue weighted by molar-refractivity contribution is 6.05. The van der Waals surface area contributed by atoms with E-state index in [4.69, 9.17) is 0 Å². The van der Waals surface area contributed by atoms with Crippen LogP contribution in [0.4, 0.5) is 0 Å². The zero-order valence-electron chi connectivity index (χ0n) is 11.1. The van der Waals surface area contributed by atoms with Gasteiger partial charge in [-0.2, -0.15) is 5.10 Å². The fraction of sp³-hybridized carbons (Fsp3) is 0.308. The molecule has 0 spiro atoms. The number of carbonyl (C=O) groups excluding carboxylic acids is 2. The summed E-state index contributed by atoms with van der Waals surface area (Å²) in [6, 6.07) is 7.46. The highest BCUT2D eigenvalue weighted by Crippen LogP contribution is 2.18.